The predicted octanol–water partition coefficient (Wildman–Crippen LogP) is 5.57. The second kappa shape index (κ2) is 18.7. The van der Waals surface area contributed by atoms with Crippen molar-refractivity contribution in [1.29, 1.82) is 0 Å². The lowest BCUT2D eigenvalue weighted by Gasteiger charge is -1.85. The molecule has 104 valence electrons. The van der Waals surface area contributed by atoms with E-state index in [1.807, 2.05) is 54.6 Å². The maximum absolute atomic E-state index is 3.78. The zero-order valence-electron chi connectivity index (χ0n) is 12.0. The van der Waals surface area contributed by atoms with Gasteiger partial charge in [-0.15, -0.1) is 13.2 Å². The average Bonchev–Trinajstić information content (AvgIpc) is 2.60. The van der Waals surface area contributed by atoms with Gasteiger partial charge in [-0.1, -0.05) is 74.4 Å². The molecule has 0 amide bonds. The van der Waals surface area contributed by atoms with Crippen molar-refractivity contribution in [2.75, 3.05) is 0 Å². The van der Waals surface area contributed by atoms with Gasteiger partial charge in [0.15, 0.2) is 0 Å². The molecule has 1 heteroatoms. The second-order valence-corrected chi connectivity index (χ2v) is 3.11. The molecule has 0 unspecified atom stereocenters. The Kier molecular flexibility index (Phi) is 18.4. The summed E-state index contributed by atoms with van der Waals surface area (Å²) >= 11 is 0. The first-order valence-electron chi connectivity index (χ1n) is 6.11. The summed E-state index contributed by atoms with van der Waals surface area (Å²) in [5, 5.41) is 0. The van der Waals surface area contributed by atoms with E-state index in [0.29, 0.717) is 0 Å². The number of hydrogen-bond acceptors (Lipinski definition) is 1. The molecule has 2 aromatic rings. The molecular formula is C19H23N. The van der Waals surface area contributed by atoms with Crippen LogP contribution in [0.5, 0.6) is 0 Å². The molecule has 0 saturated carbocycles. The zero-order valence-corrected chi connectivity index (χ0v) is 12.0. The van der Waals surface area contributed by atoms with Gasteiger partial charge in [0.05, 0.1) is 0 Å². The van der Waals surface area contributed by atoms with Crippen LogP contribution in [0.15, 0.2) is 106 Å². The third-order valence-electron chi connectivity index (χ3n) is 1.77. The van der Waals surface area contributed by atoms with Gasteiger partial charge < -0.3 is 0 Å². The van der Waals surface area contributed by atoms with E-state index >= 15 is 0 Å². The summed E-state index contributed by atoms with van der Waals surface area (Å²) < 4.78 is 0. The molecule has 0 spiro atoms. The highest BCUT2D eigenvalue weighted by atomic mass is 14.6. The van der Waals surface area contributed by atoms with Crippen LogP contribution in [-0.4, -0.2) is 4.98 Å². The number of pyridine rings is 1. The molecule has 2 rings (SSSR count). The zero-order chi connectivity index (χ0) is 15.5. The normalized spacial score (nSPS) is 7.00. The monoisotopic (exact) mass is 265 g/mol. The fourth-order valence-corrected chi connectivity index (χ4v) is 0.902. The number of hydrogen-bond donors (Lipinski definition) is 0. The highest BCUT2D eigenvalue weighted by molar-refractivity contribution is 5.45. The summed E-state index contributed by atoms with van der Waals surface area (Å²) in [7, 11) is 0. The lowest BCUT2D eigenvalue weighted by Crippen LogP contribution is -1.63. The van der Waals surface area contributed by atoms with Crippen molar-refractivity contribution in [1.82, 2.24) is 4.98 Å². The molecule has 0 aliphatic carbocycles. The number of nitrogens with zero attached hydrogens (tertiary/aromatic N) is 1. The van der Waals surface area contributed by atoms with Crippen molar-refractivity contribution >= 4 is 6.08 Å². The SMILES string of the molecule is C=C.C=CC=C.C=Cc1ccccc1.c1ccncc1. The lowest BCUT2D eigenvalue weighted by atomic mass is 10.2. The number of allylic oxidation sites excluding steroid dienone is 2. The third kappa shape index (κ3) is 15.3. The molecule has 0 fully saturated rings. The van der Waals surface area contributed by atoms with Gasteiger partial charge in [-0.3, -0.25) is 4.98 Å². The Morgan fingerprint density at radius 2 is 1.15 bits per heavy atom. The summed E-state index contributed by atoms with van der Waals surface area (Å²) in [5.74, 6) is 0. The van der Waals surface area contributed by atoms with Crippen LogP contribution in [0.4, 0.5) is 0 Å². The van der Waals surface area contributed by atoms with E-state index in [0.717, 1.165) is 0 Å². The van der Waals surface area contributed by atoms with E-state index in [2.05, 4.69) is 37.9 Å². The first kappa shape index (κ1) is 19.7. The minimum Gasteiger partial charge on any atom is -0.265 e. The number of rotatable bonds is 2. The number of aromatic nitrogens is 1. The number of benzene rings is 1. The standard InChI is InChI=1S/C8H8.C5H5N.C4H6.C2H4/c1-2-8-6-4-3-5-7-8;1-2-4-6-5-3-1;1-3-4-2;1-2/h2-7H,1H2;1-5H;3-4H,1-2H2;1-2H2. The predicted molar refractivity (Wildman–Crippen MR) is 92.4 cm³/mol. The van der Waals surface area contributed by atoms with Gasteiger partial charge in [0.25, 0.3) is 0 Å². The van der Waals surface area contributed by atoms with Crippen molar-refractivity contribution in [3.8, 4) is 0 Å². The maximum Gasteiger partial charge on any atom is 0.0267 e. The highest BCUT2D eigenvalue weighted by Gasteiger charge is 1.75. The Hall–Kier alpha value is -2.67. The molecule has 0 saturated heterocycles. The molecule has 0 radical (unpaired) electrons. The van der Waals surface area contributed by atoms with Crippen LogP contribution in [-0.2, 0) is 0 Å². The van der Waals surface area contributed by atoms with Crippen LogP contribution in [0, 0.1) is 0 Å². The van der Waals surface area contributed by atoms with Crippen LogP contribution in [0.1, 0.15) is 5.56 Å². The van der Waals surface area contributed by atoms with Gasteiger partial charge in [-0.05, 0) is 17.7 Å². The summed E-state index contributed by atoms with van der Waals surface area (Å²) in [5.41, 5.74) is 1.17. The first-order valence-corrected chi connectivity index (χ1v) is 6.11. The van der Waals surface area contributed by atoms with Gasteiger partial charge >= 0.3 is 0 Å². The fraction of sp³-hybridized carbons (Fsp3) is 0. The molecule has 1 heterocycles. The van der Waals surface area contributed by atoms with E-state index in [-0.39, 0.29) is 0 Å². The van der Waals surface area contributed by atoms with Crippen LogP contribution in [0.3, 0.4) is 0 Å². The van der Waals surface area contributed by atoms with Crippen LogP contribution < -0.4 is 0 Å². The molecule has 0 aliphatic heterocycles. The van der Waals surface area contributed by atoms with Crippen molar-refractivity contribution in [3.63, 3.8) is 0 Å². The Balaban J connectivity index is 0. The van der Waals surface area contributed by atoms with Crippen molar-refractivity contribution < 1.29 is 0 Å². The van der Waals surface area contributed by atoms with Crippen LogP contribution >= 0.6 is 0 Å². The smallest absolute Gasteiger partial charge is 0.0267 e. The molecule has 0 N–H and O–H groups in total. The minimum absolute atomic E-state index is 1.17. The van der Waals surface area contributed by atoms with Gasteiger partial charge in [-0.2, -0.15) is 0 Å². The summed E-state index contributed by atoms with van der Waals surface area (Å²) in [6.45, 7) is 16.4. The third-order valence-corrected chi connectivity index (χ3v) is 1.77. The van der Waals surface area contributed by atoms with Crippen molar-refractivity contribution in [2.45, 2.75) is 0 Å². The molecular weight excluding hydrogens is 242 g/mol. The van der Waals surface area contributed by atoms with Gasteiger partial charge in [-0.25, -0.2) is 0 Å². The molecule has 20 heavy (non-hydrogen) atoms. The maximum atomic E-state index is 3.78. The molecule has 1 aromatic carbocycles. The van der Waals surface area contributed by atoms with E-state index in [9.17, 15) is 0 Å². The van der Waals surface area contributed by atoms with Crippen molar-refractivity contribution in [2.24, 2.45) is 0 Å². The lowest BCUT2D eigenvalue weighted by molar-refractivity contribution is 1.33. The van der Waals surface area contributed by atoms with E-state index in [4.69, 9.17) is 0 Å². The Bertz CT molecular complexity index is 399. The average molecular weight is 265 g/mol. The molecule has 1 nitrogen and oxygen atoms in total. The van der Waals surface area contributed by atoms with Gasteiger partial charge in [0.1, 0.15) is 0 Å². The summed E-state index contributed by atoms with van der Waals surface area (Å²) in [6.07, 6.45) is 8.61. The molecule has 0 atom stereocenters. The molecule has 0 bridgehead atoms. The Morgan fingerprint density at radius 1 is 0.700 bits per heavy atom. The Labute approximate surface area is 123 Å². The summed E-state index contributed by atoms with van der Waals surface area (Å²) in [6, 6.07) is 15.7. The van der Waals surface area contributed by atoms with Crippen LogP contribution in [0.25, 0.3) is 6.08 Å². The largest absolute Gasteiger partial charge is 0.265 e. The van der Waals surface area contributed by atoms with E-state index in [1.165, 1.54) is 5.56 Å². The topological polar surface area (TPSA) is 12.9 Å². The van der Waals surface area contributed by atoms with Crippen molar-refractivity contribution in [3.05, 3.63) is 112 Å². The fourth-order valence-electron chi connectivity index (χ4n) is 0.902. The first-order chi connectivity index (χ1) is 9.85. The highest BCUT2D eigenvalue weighted by Crippen LogP contribution is 1.97. The molecule has 0 aliphatic rings. The summed E-state index contributed by atoms with van der Waals surface area (Å²) in [4.78, 5) is 3.78. The minimum atomic E-state index is 1.17. The van der Waals surface area contributed by atoms with Gasteiger partial charge in [0, 0.05) is 12.4 Å². The van der Waals surface area contributed by atoms with E-state index in [1.54, 1.807) is 24.5 Å². The second-order valence-electron chi connectivity index (χ2n) is 3.11. The van der Waals surface area contributed by atoms with Gasteiger partial charge in [0.2, 0.25) is 0 Å². The quantitative estimate of drug-likeness (QED) is 0.511. The van der Waals surface area contributed by atoms with Crippen LogP contribution in [0.2, 0.25) is 0 Å². The Morgan fingerprint density at radius 3 is 1.35 bits per heavy atom. The van der Waals surface area contributed by atoms with E-state index < -0.39 is 0 Å². The molecule has 1 aromatic heterocycles.